The van der Waals surface area contributed by atoms with Crippen molar-refractivity contribution in [3.63, 3.8) is 0 Å². The van der Waals surface area contributed by atoms with Crippen LogP contribution in [0, 0.1) is 0 Å². The van der Waals surface area contributed by atoms with Crippen LogP contribution in [-0.4, -0.2) is 29.8 Å². The van der Waals surface area contributed by atoms with Gasteiger partial charge in [-0.2, -0.15) is 0 Å². The summed E-state index contributed by atoms with van der Waals surface area (Å²) < 4.78 is 11.7. The van der Waals surface area contributed by atoms with Gasteiger partial charge >= 0.3 is 6.03 Å². The van der Waals surface area contributed by atoms with E-state index in [0.29, 0.717) is 18.0 Å². The van der Waals surface area contributed by atoms with E-state index in [2.05, 4.69) is 10.3 Å². The molecular formula is C13H15N3O3. The molecule has 1 aromatic heterocycles. The Morgan fingerprint density at radius 1 is 1.32 bits per heavy atom. The normalized spacial score (nSPS) is 10.0. The maximum atomic E-state index is 11.7. The van der Waals surface area contributed by atoms with Crippen LogP contribution < -0.4 is 14.8 Å². The fourth-order valence-corrected chi connectivity index (χ4v) is 1.64. The zero-order valence-corrected chi connectivity index (χ0v) is 10.8. The molecule has 0 unspecified atom stereocenters. The summed E-state index contributed by atoms with van der Waals surface area (Å²) in [5.74, 6) is 1.30. The standard InChI is InChI=1S/C13H15N3O3/c1-18-11-4-3-10(7-12(11)19-2)8-15-13(17)16-6-5-14-9-16/h3-7,9H,8H2,1-2H3,(H,15,17). The highest BCUT2D eigenvalue weighted by molar-refractivity contribution is 5.76. The van der Waals surface area contributed by atoms with Crippen LogP contribution in [0.2, 0.25) is 0 Å². The van der Waals surface area contributed by atoms with Gasteiger partial charge < -0.3 is 14.8 Å². The summed E-state index contributed by atoms with van der Waals surface area (Å²) in [6.07, 6.45) is 4.59. The second-order valence-electron chi connectivity index (χ2n) is 3.82. The minimum atomic E-state index is -0.229. The lowest BCUT2D eigenvalue weighted by molar-refractivity contribution is 0.242. The molecule has 6 heteroatoms. The van der Waals surface area contributed by atoms with Gasteiger partial charge in [0.2, 0.25) is 0 Å². The van der Waals surface area contributed by atoms with Crippen molar-refractivity contribution >= 4 is 6.03 Å². The van der Waals surface area contributed by atoms with E-state index in [-0.39, 0.29) is 6.03 Å². The maximum Gasteiger partial charge on any atom is 0.327 e. The second-order valence-corrected chi connectivity index (χ2v) is 3.82. The van der Waals surface area contributed by atoms with Crippen molar-refractivity contribution in [1.82, 2.24) is 14.9 Å². The molecule has 0 saturated carbocycles. The number of rotatable bonds is 4. The van der Waals surface area contributed by atoms with Crippen molar-refractivity contribution in [3.8, 4) is 11.5 Å². The van der Waals surface area contributed by atoms with Crippen LogP contribution in [0.4, 0.5) is 4.79 Å². The molecule has 1 amide bonds. The van der Waals surface area contributed by atoms with Gasteiger partial charge in [-0.05, 0) is 17.7 Å². The Morgan fingerprint density at radius 3 is 2.74 bits per heavy atom. The van der Waals surface area contributed by atoms with Gasteiger partial charge in [0.05, 0.1) is 14.2 Å². The predicted molar refractivity (Wildman–Crippen MR) is 69.4 cm³/mol. The van der Waals surface area contributed by atoms with Crippen molar-refractivity contribution in [2.24, 2.45) is 0 Å². The van der Waals surface area contributed by atoms with E-state index in [1.807, 2.05) is 12.1 Å². The quantitative estimate of drug-likeness (QED) is 0.909. The van der Waals surface area contributed by atoms with Crippen molar-refractivity contribution < 1.29 is 14.3 Å². The maximum absolute atomic E-state index is 11.7. The molecule has 0 bridgehead atoms. The number of nitrogens with one attached hydrogen (secondary N) is 1. The number of methoxy groups -OCH3 is 2. The van der Waals surface area contributed by atoms with Crippen molar-refractivity contribution in [2.75, 3.05) is 14.2 Å². The van der Waals surface area contributed by atoms with Crippen molar-refractivity contribution in [1.29, 1.82) is 0 Å². The zero-order valence-electron chi connectivity index (χ0n) is 10.8. The summed E-state index contributed by atoms with van der Waals surface area (Å²) in [5.41, 5.74) is 0.922. The SMILES string of the molecule is COc1ccc(CNC(=O)n2ccnc2)cc1OC. The first kappa shape index (κ1) is 12.9. The Hall–Kier alpha value is -2.50. The summed E-state index contributed by atoms with van der Waals surface area (Å²) in [7, 11) is 3.16. The third-order valence-electron chi connectivity index (χ3n) is 2.63. The highest BCUT2D eigenvalue weighted by Gasteiger charge is 2.06. The van der Waals surface area contributed by atoms with Crippen LogP contribution in [0.1, 0.15) is 5.56 Å². The summed E-state index contributed by atoms with van der Waals surface area (Å²) in [6, 6.07) is 5.27. The fraction of sp³-hybridized carbons (Fsp3) is 0.231. The lowest BCUT2D eigenvalue weighted by Gasteiger charge is -2.10. The van der Waals surface area contributed by atoms with E-state index in [9.17, 15) is 4.79 Å². The molecule has 1 aromatic carbocycles. The van der Waals surface area contributed by atoms with Gasteiger partial charge in [-0.25, -0.2) is 9.78 Å². The number of ether oxygens (including phenoxy) is 2. The Bertz CT molecular complexity index is 552. The molecule has 1 heterocycles. The number of amides is 1. The molecule has 0 aliphatic rings. The summed E-state index contributed by atoms with van der Waals surface area (Å²) >= 11 is 0. The Kier molecular flexibility index (Phi) is 4.02. The molecule has 0 fully saturated rings. The zero-order chi connectivity index (χ0) is 13.7. The van der Waals surface area contributed by atoms with Crippen LogP contribution in [0.25, 0.3) is 0 Å². The molecule has 19 heavy (non-hydrogen) atoms. The molecule has 2 rings (SSSR count). The molecule has 0 atom stereocenters. The molecule has 0 aliphatic carbocycles. The number of carbonyl (C=O) groups excluding carboxylic acids is 1. The minimum Gasteiger partial charge on any atom is -0.493 e. The minimum absolute atomic E-state index is 0.229. The number of aromatic nitrogens is 2. The molecule has 100 valence electrons. The Labute approximate surface area is 111 Å². The molecule has 0 aliphatic heterocycles. The average molecular weight is 261 g/mol. The fourth-order valence-electron chi connectivity index (χ4n) is 1.64. The summed E-state index contributed by atoms with van der Waals surface area (Å²) in [4.78, 5) is 15.5. The second kappa shape index (κ2) is 5.90. The highest BCUT2D eigenvalue weighted by Crippen LogP contribution is 2.27. The summed E-state index contributed by atoms with van der Waals surface area (Å²) in [6.45, 7) is 0.400. The van der Waals surface area contributed by atoms with Crippen LogP contribution >= 0.6 is 0 Å². The molecule has 2 aromatic rings. The lowest BCUT2D eigenvalue weighted by atomic mass is 10.2. The smallest absolute Gasteiger partial charge is 0.327 e. The third-order valence-corrected chi connectivity index (χ3v) is 2.63. The van der Waals surface area contributed by atoms with Crippen LogP contribution in [0.15, 0.2) is 36.9 Å². The van der Waals surface area contributed by atoms with E-state index in [4.69, 9.17) is 9.47 Å². The first-order chi connectivity index (χ1) is 9.24. The van der Waals surface area contributed by atoms with Gasteiger partial charge in [-0.1, -0.05) is 6.07 Å². The number of nitrogens with zero attached hydrogens (tertiary/aromatic N) is 2. The van der Waals surface area contributed by atoms with Gasteiger partial charge in [0, 0.05) is 18.9 Å². The van der Waals surface area contributed by atoms with Gasteiger partial charge in [0.1, 0.15) is 6.33 Å². The Morgan fingerprint density at radius 2 is 2.11 bits per heavy atom. The third kappa shape index (κ3) is 3.04. The van der Waals surface area contributed by atoms with Gasteiger partial charge in [0.25, 0.3) is 0 Å². The lowest BCUT2D eigenvalue weighted by Crippen LogP contribution is -2.26. The largest absolute Gasteiger partial charge is 0.493 e. The van der Waals surface area contributed by atoms with Gasteiger partial charge in [0.15, 0.2) is 11.5 Å². The first-order valence-corrected chi connectivity index (χ1v) is 5.71. The molecule has 0 spiro atoms. The molecule has 1 N–H and O–H groups in total. The van der Waals surface area contributed by atoms with Gasteiger partial charge in [-0.15, -0.1) is 0 Å². The monoisotopic (exact) mass is 261 g/mol. The molecule has 0 saturated heterocycles. The van der Waals surface area contributed by atoms with Crippen LogP contribution in [0.5, 0.6) is 11.5 Å². The van der Waals surface area contributed by atoms with Gasteiger partial charge in [-0.3, -0.25) is 4.57 Å². The van der Waals surface area contributed by atoms with E-state index in [1.54, 1.807) is 32.7 Å². The van der Waals surface area contributed by atoms with Crippen LogP contribution in [-0.2, 0) is 6.54 Å². The topological polar surface area (TPSA) is 65.4 Å². The van der Waals surface area contributed by atoms with E-state index < -0.39 is 0 Å². The average Bonchev–Trinajstić information content (AvgIpc) is 2.98. The van der Waals surface area contributed by atoms with Crippen molar-refractivity contribution in [3.05, 3.63) is 42.5 Å². The first-order valence-electron chi connectivity index (χ1n) is 5.71. The molecule has 6 nitrogen and oxygen atoms in total. The van der Waals surface area contributed by atoms with E-state index in [1.165, 1.54) is 10.9 Å². The van der Waals surface area contributed by atoms with Crippen LogP contribution in [0.3, 0.4) is 0 Å². The Balaban J connectivity index is 2.02. The number of benzene rings is 1. The summed E-state index contributed by atoms with van der Waals surface area (Å²) in [5, 5.41) is 2.78. The number of carbonyl (C=O) groups is 1. The number of hydrogen-bond acceptors (Lipinski definition) is 4. The highest BCUT2D eigenvalue weighted by atomic mass is 16.5. The number of hydrogen-bond donors (Lipinski definition) is 1. The number of imidazole rings is 1. The molecular weight excluding hydrogens is 246 g/mol. The predicted octanol–water partition coefficient (Wildman–Crippen LogP) is 1.66. The van der Waals surface area contributed by atoms with Crippen molar-refractivity contribution in [2.45, 2.75) is 6.54 Å². The van der Waals surface area contributed by atoms with E-state index in [0.717, 1.165) is 5.56 Å². The molecule has 0 radical (unpaired) electrons. The van der Waals surface area contributed by atoms with E-state index >= 15 is 0 Å².